The monoisotopic (exact) mass is 424 g/mol. The van der Waals surface area contributed by atoms with Crippen LogP contribution < -0.4 is 5.32 Å². The van der Waals surface area contributed by atoms with Gasteiger partial charge in [-0.25, -0.2) is 9.67 Å². The number of pyridine rings is 1. The lowest BCUT2D eigenvalue weighted by Gasteiger charge is -2.38. The number of halogens is 1. The Balaban J connectivity index is 1.48. The average Bonchev–Trinajstić information content (AvgIpc) is 3.11. The number of hydrogen-bond acceptors (Lipinski definition) is 4. The third-order valence-electron chi connectivity index (χ3n) is 5.73. The largest absolute Gasteiger partial charge is 0.381 e. The number of nitrogens with one attached hydrogen (secondary N) is 1. The van der Waals surface area contributed by atoms with Gasteiger partial charge in [0.25, 0.3) is 5.91 Å². The molecule has 0 atom stereocenters. The number of carbonyl (C=O) groups excluding carboxylic acids is 1. The first-order chi connectivity index (χ1) is 14.5. The van der Waals surface area contributed by atoms with Crippen LogP contribution >= 0.6 is 11.6 Å². The van der Waals surface area contributed by atoms with Gasteiger partial charge in [0, 0.05) is 42.1 Å². The third kappa shape index (κ3) is 4.25. The summed E-state index contributed by atoms with van der Waals surface area (Å²) in [4.78, 5) is 17.2. The van der Waals surface area contributed by atoms with Gasteiger partial charge in [-0.2, -0.15) is 5.10 Å². The standard InChI is InChI=1S/C23H25ClN4O2/c1-16-13-17(2)28(27-16)21-8-3-18(14-25-21)22(29)26-15-23(9-11-30-12-10-23)19-4-6-20(24)7-5-19/h3-8,13-14H,9-12,15H2,1-2H3,(H,26,29). The minimum atomic E-state index is -0.157. The summed E-state index contributed by atoms with van der Waals surface area (Å²) in [5.74, 6) is 0.557. The van der Waals surface area contributed by atoms with E-state index in [1.54, 1.807) is 16.9 Å². The Morgan fingerprint density at radius 3 is 2.50 bits per heavy atom. The molecular formula is C23H25ClN4O2. The summed E-state index contributed by atoms with van der Waals surface area (Å²) in [5, 5.41) is 8.25. The topological polar surface area (TPSA) is 69.0 Å². The van der Waals surface area contributed by atoms with Gasteiger partial charge in [-0.3, -0.25) is 4.79 Å². The van der Waals surface area contributed by atoms with Crippen LogP contribution in [-0.4, -0.2) is 40.4 Å². The molecule has 4 rings (SSSR count). The lowest BCUT2D eigenvalue weighted by molar-refractivity contribution is 0.0487. The van der Waals surface area contributed by atoms with Crippen molar-refractivity contribution in [3.05, 3.63) is 76.2 Å². The van der Waals surface area contributed by atoms with Crippen molar-refractivity contribution in [2.24, 2.45) is 0 Å². The second kappa shape index (κ2) is 8.58. The maximum Gasteiger partial charge on any atom is 0.252 e. The molecule has 156 valence electrons. The molecule has 1 aromatic carbocycles. The minimum Gasteiger partial charge on any atom is -0.381 e. The van der Waals surface area contributed by atoms with Gasteiger partial charge in [0.15, 0.2) is 5.82 Å². The van der Waals surface area contributed by atoms with Crippen LogP contribution in [0.15, 0.2) is 48.7 Å². The molecule has 0 unspecified atom stereocenters. The average molecular weight is 425 g/mol. The number of nitrogens with zero attached hydrogens (tertiary/aromatic N) is 3. The van der Waals surface area contributed by atoms with E-state index in [1.165, 1.54) is 5.56 Å². The molecule has 0 saturated carbocycles. The Kier molecular flexibility index (Phi) is 5.88. The zero-order valence-corrected chi connectivity index (χ0v) is 17.9. The highest BCUT2D eigenvalue weighted by molar-refractivity contribution is 6.30. The fourth-order valence-electron chi connectivity index (χ4n) is 3.99. The molecule has 0 radical (unpaired) electrons. The summed E-state index contributed by atoms with van der Waals surface area (Å²) >= 11 is 6.06. The first-order valence-corrected chi connectivity index (χ1v) is 10.5. The second-order valence-electron chi connectivity index (χ2n) is 7.83. The van der Waals surface area contributed by atoms with Gasteiger partial charge in [0.2, 0.25) is 0 Å². The molecule has 1 amide bonds. The lowest BCUT2D eigenvalue weighted by atomic mass is 9.74. The number of carbonyl (C=O) groups is 1. The number of ether oxygens (including phenoxy) is 1. The first-order valence-electron chi connectivity index (χ1n) is 10.1. The van der Waals surface area contributed by atoms with Crippen molar-refractivity contribution in [2.75, 3.05) is 19.8 Å². The summed E-state index contributed by atoms with van der Waals surface area (Å²) < 4.78 is 7.34. The summed E-state index contributed by atoms with van der Waals surface area (Å²) in [6, 6.07) is 13.5. The summed E-state index contributed by atoms with van der Waals surface area (Å²) in [6.45, 7) is 5.81. The van der Waals surface area contributed by atoms with Crippen molar-refractivity contribution in [1.82, 2.24) is 20.1 Å². The van der Waals surface area contributed by atoms with E-state index in [0.717, 1.165) is 24.2 Å². The van der Waals surface area contributed by atoms with Gasteiger partial charge in [-0.05, 0) is 62.6 Å². The summed E-state index contributed by atoms with van der Waals surface area (Å²) in [7, 11) is 0. The second-order valence-corrected chi connectivity index (χ2v) is 8.26. The van der Waals surface area contributed by atoms with Gasteiger partial charge >= 0.3 is 0 Å². The number of amides is 1. The molecule has 3 heterocycles. The zero-order chi connectivity index (χ0) is 21.1. The van der Waals surface area contributed by atoms with Gasteiger partial charge < -0.3 is 10.1 Å². The van der Waals surface area contributed by atoms with Crippen LogP contribution in [0.25, 0.3) is 5.82 Å². The van der Waals surface area contributed by atoms with Crippen molar-refractivity contribution >= 4 is 17.5 Å². The Bertz CT molecular complexity index is 1020. The predicted octanol–water partition coefficient (Wildman–Crippen LogP) is 4.02. The summed E-state index contributed by atoms with van der Waals surface area (Å²) in [6.07, 6.45) is 3.30. The third-order valence-corrected chi connectivity index (χ3v) is 5.98. The van der Waals surface area contributed by atoms with Crippen LogP contribution in [0.1, 0.15) is 40.2 Å². The van der Waals surface area contributed by atoms with Crippen molar-refractivity contribution < 1.29 is 9.53 Å². The highest BCUT2D eigenvalue weighted by Crippen LogP contribution is 2.35. The van der Waals surface area contributed by atoms with Crippen molar-refractivity contribution in [3.63, 3.8) is 0 Å². The van der Waals surface area contributed by atoms with Crippen molar-refractivity contribution in [3.8, 4) is 5.82 Å². The molecule has 6 nitrogen and oxygen atoms in total. The summed E-state index contributed by atoms with van der Waals surface area (Å²) in [5.41, 5.74) is 3.48. The molecular weight excluding hydrogens is 400 g/mol. The van der Waals surface area contributed by atoms with Crippen molar-refractivity contribution in [2.45, 2.75) is 32.1 Å². The molecule has 1 aliphatic heterocycles. The Hall–Kier alpha value is -2.70. The van der Waals surface area contributed by atoms with E-state index in [0.29, 0.717) is 36.2 Å². The number of aryl methyl sites for hydroxylation is 2. The molecule has 1 saturated heterocycles. The van der Waals surface area contributed by atoms with Crippen LogP contribution in [0, 0.1) is 13.8 Å². The lowest BCUT2D eigenvalue weighted by Crippen LogP contribution is -2.44. The molecule has 30 heavy (non-hydrogen) atoms. The van der Waals surface area contributed by atoms with Crippen LogP contribution in [0.5, 0.6) is 0 Å². The molecule has 0 spiro atoms. The molecule has 1 N–H and O–H groups in total. The van der Waals surface area contributed by atoms with Gasteiger partial charge in [0.05, 0.1) is 11.3 Å². The van der Waals surface area contributed by atoms with E-state index in [2.05, 4.69) is 15.4 Å². The molecule has 7 heteroatoms. The van der Waals surface area contributed by atoms with Crippen LogP contribution in [0.4, 0.5) is 0 Å². The van der Waals surface area contributed by atoms with Gasteiger partial charge in [0.1, 0.15) is 0 Å². The molecule has 3 aromatic rings. The number of hydrogen-bond donors (Lipinski definition) is 1. The van der Waals surface area contributed by atoms with E-state index >= 15 is 0 Å². The van der Waals surface area contributed by atoms with E-state index in [4.69, 9.17) is 16.3 Å². The number of benzene rings is 1. The number of aromatic nitrogens is 3. The van der Waals surface area contributed by atoms with Crippen LogP contribution in [0.3, 0.4) is 0 Å². The smallest absolute Gasteiger partial charge is 0.252 e. The van der Waals surface area contributed by atoms with Crippen LogP contribution in [0.2, 0.25) is 5.02 Å². The maximum absolute atomic E-state index is 12.8. The van der Waals surface area contributed by atoms with Gasteiger partial charge in [-0.15, -0.1) is 0 Å². The van der Waals surface area contributed by atoms with E-state index < -0.39 is 0 Å². The number of rotatable bonds is 5. The van der Waals surface area contributed by atoms with E-state index in [1.807, 2.05) is 50.2 Å². The molecule has 0 aliphatic carbocycles. The normalized spacial score (nSPS) is 15.7. The SMILES string of the molecule is Cc1cc(C)n(-c2ccc(C(=O)NCC3(c4ccc(Cl)cc4)CCOCC3)cn2)n1. The van der Waals surface area contributed by atoms with E-state index in [-0.39, 0.29) is 11.3 Å². The first kappa shape index (κ1) is 20.6. The predicted molar refractivity (Wildman–Crippen MR) is 116 cm³/mol. The van der Waals surface area contributed by atoms with Crippen LogP contribution in [-0.2, 0) is 10.2 Å². The molecule has 2 aromatic heterocycles. The maximum atomic E-state index is 12.8. The van der Waals surface area contributed by atoms with Crippen molar-refractivity contribution in [1.29, 1.82) is 0 Å². The molecule has 1 aliphatic rings. The zero-order valence-electron chi connectivity index (χ0n) is 17.2. The fourth-order valence-corrected chi connectivity index (χ4v) is 4.12. The van der Waals surface area contributed by atoms with Gasteiger partial charge in [-0.1, -0.05) is 23.7 Å². The fraction of sp³-hybridized carbons (Fsp3) is 0.348. The quantitative estimate of drug-likeness (QED) is 0.671. The highest BCUT2D eigenvalue weighted by Gasteiger charge is 2.35. The Labute approximate surface area is 181 Å². The highest BCUT2D eigenvalue weighted by atomic mass is 35.5. The van der Waals surface area contributed by atoms with E-state index in [9.17, 15) is 4.79 Å². The Morgan fingerprint density at radius 1 is 1.17 bits per heavy atom. The molecule has 0 bridgehead atoms. The minimum absolute atomic E-state index is 0.137. The molecule has 1 fully saturated rings. The Morgan fingerprint density at radius 2 is 1.90 bits per heavy atom.